The van der Waals surface area contributed by atoms with Crippen LogP contribution < -0.4 is 10.9 Å². The first-order valence-electron chi connectivity index (χ1n) is 9.02. The molecule has 1 aliphatic rings. The van der Waals surface area contributed by atoms with Gasteiger partial charge in [-0.15, -0.1) is 0 Å². The van der Waals surface area contributed by atoms with E-state index in [0.717, 1.165) is 24.2 Å². The van der Waals surface area contributed by atoms with E-state index < -0.39 is 5.97 Å². The first-order valence-corrected chi connectivity index (χ1v) is 9.02. The Labute approximate surface area is 161 Å². The second-order valence-electron chi connectivity index (χ2n) is 6.80. The maximum absolute atomic E-state index is 12.7. The van der Waals surface area contributed by atoms with Gasteiger partial charge in [-0.1, -0.05) is 6.07 Å². The number of aryl methyl sites for hydroxylation is 2. The van der Waals surface area contributed by atoms with Crippen molar-refractivity contribution in [2.75, 3.05) is 12.4 Å². The highest BCUT2D eigenvalue weighted by Gasteiger charge is 2.17. The molecule has 0 fully saturated rings. The van der Waals surface area contributed by atoms with Gasteiger partial charge in [-0.2, -0.15) is 0 Å². The molecule has 7 heteroatoms. The SMILES string of the molecule is COC(=O)c1ccc(C)c(NC(=O)c2ccc3c(=O)n4c(nc3c2)CCC4)c1. The van der Waals surface area contributed by atoms with Crippen molar-refractivity contribution >= 4 is 28.5 Å². The van der Waals surface area contributed by atoms with Crippen molar-refractivity contribution in [3.8, 4) is 0 Å². The van der Waals surface area contributed by atoms with E-state index >= 15 is 0 Å². The minimum Gasteiger partial charge on any atom is -0.465 e. The molecule has 1 aromatic heterocycles. The van der Waals surface area contributed by atoms with Crippen LogP contribution in [-0.4, -0.2) is 28.5 Å². The number of carbonyl (C=O) groups excluding carboxylic acids is 2. The second kappa shape index (κ2) is 6.92. The summed E-state index contributed by atoms with van der Waals surface area (Å²) in [6.45, 7) is 2.53. The first-order chi connectivity index (χ1) is 13.5. The lowest BCUT2D eigenvalue weighted by molar-refractivity contribution is 0.0600. The molecule has 0 spiro atoms. The Kier molecular flexibility index (Phi) is 4.43. The molecule has 0 unspecified atom stereocenters. The number of hydrogen-bond acceptors (Lipinski definition) is 5. The van der Waals surface area contributed by atoms with Gasteiger partial charge >= 0.3 is 5.97 Å². The molecular weight excluding hydrogens is 358 g/mol. The third-order valence-electron chi connectivity index (χ3n) is 4.99. The molecule has 3 aromatic rings. The largest absolute Gasteiger partial charge is 0.465 e. The van der Waals surface area contributed by atoms with Crippen LogP contribution in [0.2, 0.25) is 0 Å². The Morgan fingerprint density at radius 1 is 1.14 bits per heavy atom. The van der Waals surface area contributed by atoms with Crippen LogP contribution in [0.1, 0.15) is 38.5 Å². The Bertz CT molecular complexity index is 1180. The van der Waals surface area contributed by atoms with Crippen molar-refractivity contribution < 1.29 is 14.3 Å². The van der Waals surface area contributed by atoms with Crippen LogP contribution >= 0.6 is 0 Å². The van der Waals surface area contributed by atoms with Crippen LogP contribution in [0, 0.1) is 6.92 Å². The smallest absolute Gasteiger partial charge is 0.337 e. The molecule has 2 aromatic carbocycles. The average molecular weight is 377 g/mol. The highest BCUT2D eigenvalue weighted by molar-refractivity contribution is 6.07. The van der Waals surface area contributed by atoms with Crippen LogP contribution in [0.5, 0.6) is 0 Å². The molecule has 4 rings (SSSR count). The van der Waals surface area contributed by atoms with E-state index in [-0.39, 0.29) is 11.5 Å². The maximum atomic E-state index is 12.7. The first kappa shape index (κ1) is 17.9. The van der Waals surface area contributed by atoms with E-state index in [1.54, 1.807) is 41.0 Å². The van der Waals surface area contributed by atoms with Crippen molar-refractivity contribution in [3.05, 3.63) is 69.3 Å². The van der Waals surface area contributed by atoms with Gasteiger partial charge in [0.15, 0.2) is 0 Å². The Hall–Kier alpha value is -3.48. The fraction of sp³-hybridized carbons (Fsp3) is 0.238. The molecule has 1 amide bonds. The van der Waals surface area contributed by atoms with Gasteiger partial charge in [-0.3, -0.25) is 14.2 Å². The molecule has 0 bridgehead atoms. The summed E-state index contributed by atoms with van der Waals surface area (Å²) in [5, 5.41) is 3.33. The topological polar surface area (TPSA) is 90.3 Å². The van der Waals surface area contributed by atoms with Crippen LogP contribution in [0.15, 0.2) is 41.2 Å². The van der Waals surface area contributed by atoms with Gasteiger partial charge in [0.25, 0.3) is 11.5 Å². The third kappa shape index (κ3) is 3.05. The highest BCUT2D eigenvalue weighted by Crippen LogP contribution is 2.20. The molecule has 1 N–H and O–H groups in total. The standard InChI is InChI=1S/C21H19N3O4/c1-12-5-6-14(21(27)28-2)11-16(12)23-19(25)13-7-8-15-17(10-13)22-18-4-3-9-24(18)20(15)26/h5-8,10-11H,3-4,9H2,1-2H3,(H,23,25). The lowest BCUT2D eigenvalue weighted by atomic mass is 10.1. The molecule has 7 nitrogen and oxygen atoms in total. The summed E-state index contributed by atoms with van der Waals surface area (Å²) < 4.78 is 6.42. The normalized spacial score (nSPS) is 12.6. The number of carbonyl (C=O) groups is 2. The molecular formula is C21H19N3O4. The molecule has 0 atom stereocenters. The molecule has 142 valence electrons. The summed E-state index contributed by atoms with van der Waals surface area (Å²) in [5.74, 6) is -0.0502. The molecule has 1 aliphatic heterocycles. The van der Waals surface area contributed by atoms with E-state index in [9.17, 15) is 14.4 Å². The number of esters is 1. The summed E-state index contributed by atoms with van der Waals surface area (Å²) in [5.41, 5.74) is 2.54. The third-order valence-corrected chi connectivity index (χ3v) is 4.99. The molecule has 0 aliphatic carbocycles. The fourth-order valence-electron chi connectivity index (χ4n) is 3.42. The number of fused-ring (bicyclic) bond motifs is 2. The van der Waals surface area contributed by atoms with Crippen LogP contribution in [-0.2, 0) is 17.7 Å². The van der Waals surface area contributed by atoms with Gasteiger partial charge in [0.2, 0.25) is 0 Å². The molecule has 2 heterocycles. The van der Waals surface area contributed by atoms with Crippen LogP contribution in [0.4, 0.5) is 5.69 Å². The summed E-state index contributed by atoms with van der Waals surface area (Å²) >= 11 is 0. The number of rotatable bonds is 3. The van der Waals surface area contributed by atoms with E-state index in [1.165, 1.54) is 7.11 Å². The summed E-state index contributed by atoms with van der Waals surface area (Å²) in [7, 11) is 1.31. The number of aromatic nitrogens is 2. The van der Waals surface area contributed by atoms with Gasteiger partial charge in [-0.25, -0.2) is 9.78 Å². The van der Waals surface area contributed by atoms with E-state index in [1.807, 2.05) is 6.92 Å². The van der Waals surface area contributed by atoms with Crippen molar-refractivity contribution in [3.63, 3.8) is 0 Å². The summed E-state index contributed by atoms with van der Waals surface area (Å²) in [6, 6.07) is 9.85. The zero-order valence-corrected chi connectivity index (χ0v) is 15.6. The zero-order valence-electron chi connectivity index (χ0n) is 15.6. The number of anilines is 1. The lowest BCUT2D eigenvalue weighted by Gasteiger charge is -2.11. The average Bonchev–Trinajstić information content (AvgIpc) is 3.17. The van der Waals surface area contributed by atoms with Crippen molar-refractivity contribution in [2.24, 2.45) is 0 Å². The summed E-state index contributed by atoms with van der Waals surface area (Å²) in [6.07, 6.45) is 1.67. The number of ether oxygens (including phenoxy) is 1. The predicted octanol–water partition coefficient (Wildman–Crippen LogP) is 2.69. The van der Waals surface area contributed by atoms with Crippen molar-refractivity contribution in [1.82, 2.24) is 9.55 Å². The Morgan fingerprint density at radius 3 is 2.71 bits per heavy atom. The van der Waals surface area contributed by atoms with Gasteiger partial charge in [-0.05, 0) is 49.2 Å². The lowest BCUT2D eigenvalue weighted by Crippen LogP contribution is -2.21. The predicted molar refractivity (Wildman–Crippen MR) is 105 cm³/mol. The monoisotopic (exact) mass is 377 g/mol. The molecule has 0 saturated carbocycles. The van der Waals surface area contributed by atoms with Gasteiger partial charge in [0.05, 0.1) is 23.6 Å². The van der Waals surface area contributed by atoms with E-state index in [2.05, 4.69) is 10.3 Å². The Balaban J connectivity index is 1.67. The molecule has 0 saturated heterocycles. The number of amides is 1. The number of methoxy groups -OCH3 is 1. The maximum Gasteiger partial charge on any atom is 0.337 e. The summed E-state index contributed by atoms with van der Waals surface area (Å²) in [4.78, 5) is 41.6. The Morgan fingerprint density at radius 2 is 1.93 bits per heavy atom. The number of benzene rings is 2. The quantitative estimate of drug-likeness (QED) is 0.709. The van der Waals surface area contributed by atoms with Crippen molar-refractivity contribution in [2.45, 2.75) is 26.3 Å². The number of hydrogen-bond donors (Lipinski definition) is 1. The second-order valence-corrected chi connectivity index (χ2v) is 6.80. The van der Waals surface area contributed by atoms with Crippen LogP contribution in [0.25, 0.3) is 10.9 Å². The zero-order chi connectivity index (χ0) is 19.8. The molecule has 28 heavy (non-hydrogen) atoms. The van der Waals surface area contributed by atoms with Gasteiger partial charge in [0, 0.05) is 24.2 Å². The minimum atomic E-state index is -0.472. The van der Waals surface area contributed by atoms with Crippen molar-refractivity contribution in [1.29, 1.82) is 0 Å². The van der Waals surface area contributed by atoms with Crippen LogP contribution in [0.3, 0.4) is 0 Å². The van der Waals surface area contributed by atoms with Gasteiger partial charge in [0.1, 0.15) is 5.82 Å². The van der Waals surface area contributed by atoms with E-state index in [0.29, 0.717) is 34.3 Å². The molecule has 0 radical (unpaired) electrons. The van der Waals surface area contributed by atoms with Gasteiger partial charge < -0.3 is 10.1 Å². The number of nitrogens with one attached hydrogen (secondary N) is 1. The fourth-order valence-corrected chi connectivity index (χ4v) is 3.42. The van der Waals surface area contributed by atoms with E-state index in [4.69, 9.17) is 4.74 Å². The highest BCUT2D eigenvalue weighted by atomic mass is 16.5. The number of nitrogens with zero attached hydrogens (tertiary/aromatic N) is 2. The minimum absolute atomic E-state index is 0.0638.